The molecule has 0 radical (unpaired) electrons. The van der Waals surface area contributed by atoms with Crippen molar-refractivity contribution in [1.82, 2.24) is 0 Å². The van der Waals surface area contributed by atoms with Gasteiger partial charge in [0, 0.05) is 26.6 Å². The normalized spacial score (nSPS) is 23.7. The molecule has 0 amide bonds. The van der Waals surface area contributed by atoms with Crippen LogP contribution in [-0.4, -0.2) is 50.9 Å². The van der Waals surface area contributed by atoms with Crippen molar-refractivity contribution in [1.29, 1.82) is 0 Å². The fourth-order valence-corrected chi connectivity index (χ4v) is 3.28. The van der Waals surface area contributed by atoms with Crippen molar-refractivity contribution >= 4 is 5.97 Å². The maximum absolute atomic E-state index is 12.9. The van der Waals surface area contributed by atoms with Crippen LogP contribution in [0.3, 0.4) is 0 Å². The molecule has 150 valence electrons. The SMILES string of the molecule is COCO[C@@H]1CC(CCO)OC(=O)c2c(cccc2OC)CC=CC[C@@H]1C. The van der Waals surface area contributed by atoms with Gasteiger partial charge >= 0.3 is 5.97 Å². The Kier molecular flexibility index (Phi) is 8.78. The highest BCUT2D eigenvalue weighted by Gasteiger charge is 2.27. The minimum atomic E-state index is -0.451. The van der Waals surface area contributed by atoms with Crippen molar-refractivity contribution in [3.8, 4) is 5.75 Å². The number of fused-ring (bicyclic) bond motifs is 1. The zero-order valence-electron chi connectivity index (χ0n) is 16.3. The van der Waals surface area contributed by atoms with Gasteiger partial charge in [-0.05, 0) is 30.4 Å². The molecule has 0 bridgehead atoms. The van der Waals surface area contributed by atoms with E-state index < -0.39 is 12.1 Å². The van der Waals surface area contributed by atoms with Crippen LogP contribution in [0.5, 0.6) is 5.75 Å². The summed E-state index contributed by atoms with van der Waals surface area (Å²) in [4.78, 5) is 12.9. The summed E-state index contributed by atoms with van der Waals surface area (Å²) >= 11 is 0. The van der Waals surface area contributed by atoms with Gasteiger partial charge in [0.25, 0.3) is 0 Å². The predicted molar refractivity (Wildman–Crippen MR) is 102 cm³/mol. The zero-order chi connectivity index (χ0) is 19.6. The minimum Gasteiger partial charge on any atom is -0.496 e. The van der Waals surface area contributed by atoms with E-state index in [1.54, 1.807) is 13.2 Å². The first kappa shape index (κ1) is 21.4. The molecule has 0 saturated carbocycles. The summed E-state index contributed by atoms with van der Waals surface area (Å²) in [7, 11) is 3.12. The van der Waals surface area contributed by atoms with Crippen molar-refractivity contribution in [3.63, 3.8) is 0 Å². The summed E-state index contributed by atoms with van der Waals surface area (Å²) in [6.07, 6.45) is 5.88. The third-order valence-electron chi connectivity index (χ3n) is 4.80. The fraction of sp³-hybridized carbons (Fsp3) is 0.571. The number of carbonyl (C=O) groups is 1. The summed E-state index contributed by atoms with van der Waals surface area (Å²) < 4.78 is 22.0. The number of hydrogen-bond donors (Lipinski definition) is 1. The number of hydrogen-bond acceptors (Lipinski definition) is 6. The van der Waals surface area contributed by atoms with Gasteiger partial charge in [0.05, 0.1) is 13.2 Å². The standard InChI is InChI=1S/C21H30O6/c1-15-7-4-5-8-16-9-6-10-18(25-3)20(16)21(23)27-17(11-12-22)13-19(15)26-14-24-2/h4-6,9-10,15,17,19,22H,7-8,11-14H2,1-3H3/t15-,17?,19+/m0/s1. The Morgan fingerprint density at radius 1 is 1.26 bits per heavy atom. The maximum Gasteiger partial charge on any atom is 0.342 e. The van der Waals surface area contributed by atoms with E-state index in [1.165, 1.54) is 7.11 Å². The molecule has 0 aromatic heterocycles. The Hall–Kier alpha value is -1.89. The first-order valence-corrected chi connectivity index (χ1v) is 9.33. The van der Waals surface area contributed by atoms with Gasteiger partial charge in [-0.3, -0.25) is 0 Å². The van der Waals surface area contributed by atoms with Gasteiger partial charge in [0.2, 0.25) is 0 Å². The van der Waals surface area contributed by atoms with Crippen LogP contribution in [0, 0.1) is 5.92 Å². The Morgan fingerprint density at radius 2 is 2.07 bits per heavy atom. The summed E-state index contributed by atoms with van der Waals surface area (Å²) in [5.41, 5.74) is 1.30. The van der Waals surface area contributed by atoms with Crippen LogP contribution in [0.4, 0.5) is 0 Å². The molecule has 27 heavy (non-hydrogen) atoms. The number of cyclic esters (lactones) is 1. The van der Waals surface area contributed by atoms with Crippen molar-refractivity contribution in [2.45, 2.75) is 44.8 Å². The second kappa shape index (κ2) is 11.1. The van der Waals surface area contributed by atoms with Crippen LogP contribution < -0.4 is 4.74 Å². The molecule has 1 aromatic carbocycles. The smallest absolute Gasteiger partial charge is 0.342 e. The van der Waals surface area contributed by atoms with Crippen LogP contribution in [0.15, 0.2) is 30.4 Å². The van der Waals surface area contributed by atoms with Gasteiger partial charge in [0.1, 0.15) is 24.2 Å². The topological polar surface area (TPSA) is 74.2 Å². The number of rotatable bonds is 6. The van der Waals surface area contributed by atoms with E-state index in [2.05, 4.69) is 19.1 Å². The lowest BCUT2D eigenvalue weighted by molar-refractivity contribution is -0.104. The molecule has 1 N–H and O–H groups in total. The highest BCUT2D eigenvalue weighted by molar-refractivity contribution is 5.94. The number of carbonyl (C=O) groups excluding carboxylic acids is 1. The summed E-state index contributed by atoms with van der Waals surface area (Å²) in [5, 5.41) is 9.42. The number of aliphatic hydroxyl groups is 1. The van der Waals surface area contributed by atoms with E-state index in [0.717, 1.165) is 12.0 Å². The quantitative estimate of drug-likeness (QED) is 0.466. The number of allylic oxidation sites excluding steroid dienone is 2. The Morgan fingerprint density at radius 3 is 2.78 bits per heavy atom. The van der Waals surface area contributed by atoms with E-state index in [1.807, 2.05) is 12.1 Å². The van der Waals surface area contributed by atoms with Crippen molar-refractivity contribution in [2.75, 3.05) is 27.6 Å². The minimum absolute atomic E-state index is 0.0675. The first-order valence-electron chi connectivity index (χ1n) is 9.33. The monoisotopic (exact) mass is 378 g/mol. The van der Waals surface area contributed by atoms with Gasteiger partial charge in [-0.1, -0.05) is 31.2 Å². The number of methoxy groups -OCH3 is 2. The van der Waals surface area contributed by atoms with Crippen LogP contribution in [0.25, 0.3) is 0 Å². The molecule has 1 aliphatic heterocycles. The number of ether oxygens (including phenoxy) is 4. The summed E-state index contributed by atoms with van der Waals surface area (Å²) in [6, 6.07) is 5.53. The molecule has 6 heteroatoms. The average Bonchev–Trinajstić information content (AvgIpc) is 2.67. The van der Waals surface area contributed by atoms with Gasteiger partial charge in [-0.25, -0.2) is 4.79 Å². The number of esters is 1. The molecular formula is C21H30O6. The number of benzene rings is 1. The van der Waals surface area contributed by atoms with Crippen molar-refractivity contribution < 1.29 is 28.8 Å². The van der Waals surface area contributed by atoms with Crippen LogP contribution in [0.1, 0.15) is 42.1 Å². The van der Waals surface area contributed by atoms with E-state index in [9.17, 15) is 9.90 Å². The fourth-order valence-electron chi connectivity index (χ4n) is 3.28. The van der Waals surface area contributed by atoms with Crippen molar-refractivity contribution in [2.24, 2.45) is 5.92 Å². The predicted octanol–water partition coefficient (Wildman–Crippen LogP) is 3.12. The van der Waals surface area contributed by atoms with E-state index >= 15 is 0 Å². The first-order chi connectivity index (χ1) is 13.1. The van der Waals surface area contributed by atoms with Crippen molar-refractivity contribution in [3.05, 3.63) is 41.5 Å². The molecule has 3 atom stereocenters. The lowest BCUT2D eigenvalue weighted by Crippen LogP contribution is -2.31. The largest absolute Gasteiger partial charge is 0.496 e. The average molecular weight is 378 g/mol. The molecule has 1 aliphatic rings. The molecule has 1 aromatic rings. The van der Waals surface area contributed by atoms with E-state index in [-0.39, 0.29) is 25.4 Å². The van der Waals surface area contributed by atoms with Crippen LogP contribution >= 0.6 is 0 Å². The molecule has 2 rings (SSSR count). The molecule has 0 spiro atoms. The van der Waals surface area contributed by atoms with Gasteiger partial charge < -0.3 is 24.1 Å². The third-order valence-corrected chi connectivity index (χ3v) is 4.80. The molecule has 0 aliphatic carbocycles. The third kappa shape index (κ3) is 6.06. The number of aliphatic hydroxyl groups excluding tert-OH is 1. The second-order valence-electron chi connectivity index (χ2n) is 6.77. The molecule has 1 heterocycles. The summed E-state index contributed by atoms with van der Waals surface area (Å²) in [6.45, 7) is 2.21. The van der Waals surface area contributed by atoms with Gasteiger partial charge in [-0.2, -0.15) is 0 Å². The van der Waals surface area contributed by atoms with E-state index in [4.69, 9.17) is 18.9 Å². The Balaban J connectivity index is 2.34. The molecule has 6 nitrogen and oxygen atoms in total. The Labute approximate surface area is 161 Å². The molecular weight excluding hydrogens is 348 g/mol. The zero-order valence-corrected chi connectivity index (χ0v) is 16.3. The Bertz CT molecular complexity index is 627. The van der Waals surface area contributed by atoms with E-state index in [0.29, 0.717) is 30.6 Å². The van der Waals surface area contributed by atoms with Gasteiger partial charge in [0.15, 0.2) is 0 Å². The second-order valence-corrected chi connectivity index (χ2v) is 6.77. The highest BCUT2D eigenvalue weighted by Crippen LogP contribution is 2.27. The molecule has 1 unspecified atom stereocenters. The molecule has 0 fully saturated rings. The lowest BCUT2D eigenvalue weighted by Gasteiger charge is -2.28. The molecule has 0 saturated heterocycles. The summed E-state index contributed by atoms with van der Waals surface area (Å²) in [5.74, 6) is 0.278. The van der Waals surface area contributed by atoms with Gasteiger partial charge in [-0.15, -0.1) is 0 Å². The maximum atomic E-state index is 12.9. The van der Waals surface area contributed by atoms with Crippen LogP contribution in [-0.2, 0) is 20.6 Å². The highest BCUT2D eigenvalue weighted by atomic mass is 16.7. The lowest BCUT2D eigenvalue weighted by atomic mass is 9.93. The van der Waals surface area contributed by atoms with Crippen LogP contribution in [0.2, 0.25) is 0 Å².